The summed E-state index contributed by atoms with van der Waals surface area (Å²) >= 11 is 0. The monoisotopic (exact) mass is 319 g/mol. The van der Waals surface area contributed by atoms with Gasteiger partial charge in [-0.1, -0.05) is 35.9 Å². The molecule has 0 saturated carbocycles. The van der Waals surface area contributed by atoms with E-state index in [1.165, 1.54) is 0 Å². The van der Waals surface area contributed by atoms with Crippen LogP contribution in [-0.4, -0.2) is 26.7 Å². The maximum absolute atomic E-state index is 12.7. The van der Waals surface area contributed by atoms with Crippen LogP contribution in [0, 0.1) is 6.92 Å². The predicted molar refractivity (Wildman–Crippen MR) is 86.1 cm³/mol. The first-order valence-electron chi connectivity index (χ1n) is 7.50. The van der Waals surface area contributed by atoms with Gasteiger partial charge in [-0.2, -0.15) is 0 Å². The molecule has 2 atom stereocenters. The highest BCUT2D eigenvalue weighted by Crippen LogP contribution is 2.36. The molecule has 118 valence electrons. The second kappa shape index (κ2) is 5.65. The summed E-state index contributed by atoms with van der Waals surface area (Å²) in [5, 5.41) is 0. The Kier molecular flexibility index (Phi) is 3.97. The molecular formula is C17H21NO3S. The molecule has 1 aliphatic heterocycles. The molecule has 1 N–H and O–H groups in total. The van der Waals surface area contributed by atoms with E-state index in [0.29, 0.717) is 6.61 Å². The van der Waals surface area contributed by atoms with Crippen molar-refractivity contribution < 1.29 is 13.2 Å². The average molecular weight is 319 g/mol. The molecule has 0 bridgehead atoms. The van der Waals surface area contributed by atoms with Gasteiger partial charge in [-0.3, -0.25) is 0 Å². The van der Waals surface area contributed by atoms with Crippen molar-refractivity contribution in [3.63, 3.8) is 0 Å². The predicted octanol–water partition coefficient (Wildman–Crippen LogP) is 2.71. The molecular weight excluding hydrogens is 298 g/mol. The van der Waals surface area contributed by atoms with Crippen molar-refractivity contribution in [3.8, 4) is 0 Å². The van der Waals surface area contributed by atoms with Gasteiger partial charge in [0.15, 0.2) is 0 Å². The number of aryl methyl sites for hydroxylation is 1. The Balaban J connectivity index is 1.88. The molecule has 0 spiro atoms. The molecule has 0 amide bonds. The maximum atomic E-state index is 12.7. The molecule has 1 aromatic rings. The Morgan fingerprint density at radius 3 is 2.45 bits per heavy atom. The van der Waals surface area contributed by atoms with Gasteiger partial charge in [0.2, 0.25) is 10.0 Å². The van der Waals surface area contributed by atoms with Crippen LogP contribution in [0.3, 0.4) is 0 Å². The van der Waals surface area contributed by atoms with Gasteiger partial charge in [-0.05, 0) is 44.4 Å². The molecule has 3 rings (SSSR count). The smallest absolute Gasteiger partial charge is 0.241 e. The minimum absolute atomic E-state index is 0.285. The van der Waals surface area contributed by atoms with Crippen molar-refractivity contribution in [2.45, 2.75) is 43.2 Å². The minimum atomic E-state index is -3.57. The van der Waals surface area contributed by atoms with Crippen LogP contribution >= 0.6 is 0 Å². The van der Waals surface area contributed by atoms with E-state index in [4.69, 9.17) is 4.74 Å². The van der Waals surface area contributed by atoms with E-state index in [1.54, 1.807) is 24.3 Å². The third kappa shape index (κ3) is 3.16. The van der Waals surface area contributed by atoms with Crippen molar-refractivity contribution >= 4 is 10.0 Å². The number of hydrogen-bond donors (Lipinski definition) is 1. The summed E-state index contributed by atoms with van der Waals surface area (Å²) in [5.41, 5.74) is 1.57. The summed E-state index contributed by atoms with van der Waals surface area (Å²) in [6.07, 6.45) is 8.10. The number of sulfonamides is 1. The Morgan fingerprint density at radius 2 is 1.91 bits per heavy atom. The summed E-state index contributed by atoms with van der Waals surface area (Å²) in [6, 6.07) is 6.53. The lowest BCUT2D eigenvalue weighted by Crippen LogP contribution is -2.45. The molecule has 1 aliphatic carbocycles. The molecule has 1 saturated heterocycles. The van der Waals surface area contributed by atoms with E-state index in [9.17, 15) is 8.42 Å². The van der Waals surface area contributed by atoms with Gasteiger partial charge < -0.3 is 4.74 Å². The highest BCUT2D eigenvalue weighted by Gasteiger charge is 2.49. The maximum Gasteiger partial charge on any atom is 0.241 e. The van der Waals surface area contributed by atoms with Crippen LogP contribution in [0.25, 0.3) is 0 Å². The summed E-state index contributed by atoms with van der Waals surface area (Å²) in [4.78, 5) is 0.285. The van der Waals surface area contributed by atoms with Gasteiger partial charge in [0.05, 0.1) is 17.5 Å². The molecule has 1 unspecified atom stereocenters. The Labute approximate surface area is 131 Å². The molecule has 4 nitrogen and oxygen atoms in total. The zero-order valence-corrected chi connectivity index (χ0v) is 13.7. The van der Waals surface area contributed by atoms with Crippen molar-refractivity contribution in [2.24, 2.45) is 0 Å². The minimum Gasteiger partial charge on any atom is -0.368 e. The van der Waals surface area contributed by atoms with Gasteiger partial charge >= 0.3 is 0 Å². The lowest BCUT2D eigenvalue weighted by Gasteiger charge is -2.25. The topological polar surface area (TPSA) is 58.7 Å². The van der Waals surface area contributed by atoms with E-state index in [2.05, 4.69) is 16.9 Å². The van der Waals surface area contributed by atoms with Gasteiger partial charge in [-0.15, -0.1) is 0 Å². The zero-order chi connectivity index (χ0) is 15.8. The van der Waals surface area contributed by atoms with Crippen LogP contribution in [0.2, 0.25) is 0 Å². The van der Waals surface area contributed by atoms with Gasteiger partial charge in [0.25, 0.3) is 0 Å². The summed E-state index contributed by atoms with van der Waals surface area (Å²) in [6.45, 7) is 4.45. The largest absolute Gasteiger partial charge is 0.368 e. The molecule has 1 heterocycles. The summed E-state index contributed by atoms with van der Waals surface area (Å²) in [7, 11) is -3.57. The highest BCUT2D eigenvalue weighted by molar-refractivity contribution is 7.89. The third-order valence-electron chi connectivity index (χ3n) is 4.17. The van der Waals surface area contributed by atoms with Crippen LogP contribution < -0.4 is 4.72 Å². The van der Waals surface area contributed by atoms with Crippen LogP contribution in [-0.2, 0) is 14.8 Å². The summed E-state index contributed by atoms with van der Waals surface area (Å²) in [5.74, 6) is 0. The highest BCUT2D eigenvalue weighted by atomic mass is 32.2. The van der Waals surface area contributed by atoms with E-state index < -0.39 is 15.6 Å². The van der Waals surface area contributed by atoms with Crippen LogP contribution in [0.1, 0.15) is 25.3 Å². The number of benzene rings is 1. The first kappa shape index (κ1) is 15.5. The van der Waals surface area contributed by atoms with Gasteiger partial charge in [0, 0.05) is 0 Å². The number of rotatable bonds is 5. The van der Waals surface area contributed by atoms with Gasteiger partial charge in [0.1, 0.15) is 5.60 Å². The van der Waals surface area contributed by atoms with Crippen LogP contribution in [0.4, 0.5) is 0 Å². The fourth-order valence-corrected chi connectivity index (χ4v) is 3.94. The normalized spacial score (nSPS) is 25.6. The second-order valence-electron chi connectivity index (χ2n) is 6.15. The molecule has 22 heavy (non-hydrogen) atoms. The fraction of sp³-hybridized carbons (Fsp3) is 0.412. The average Bonchev–Trinajstić information content (AvgIpc) is 3.25. The number of ether oxygens (including phenoxy) is 1. The SMILES string of the molecule is Cc1ccc(S(=O)(=O)NC(C2=CCCC=C2)[C@]2(C)CO2)cc1. The standard InChI is InChI=1S/C17H21NO3S/c1-13-8-10-15(11-9-13)22(19,20)18-16(17(2)12-21-17)14-6-4-3-5-7-14/h4,6-11,16,18H,3,5,12H2,1-2H3/t16?,17-/m0/s1. The Morgan fingerprint density at radius 1 is 1.23 bits per heavy atom. The Hall–Kier alpha value is -1.43. The van der Waals surface area contributed by atoms with E-state index in [0.717, 1.165) is 24.0 Å². The third-order valence-corrected chi connectivity index (χ3v) is 5.61. The number of epoxide rings is 1. The molecule has 0 radical (unpaired) electrons. The molecule has 1 aromatic carbocycles. The van der Waals surface area contributed by atoms with Crippen molar-refractivity contribution in [1.82, 2.24) is 4.72 Å². The first-order chi connectivity index (χ1) is 10.4. The lowest BCUT2D eigenvalue weighted by molar-refractivity contribution is 0.289. The zero-order valence-electron chi connectivity index (χ0n) is 12.9. The Bertz CT molecular complexity index is 713. The van der Waals surface area contributed by atoms with Crippen molar-refractivity contribution in [3.05, 3.63) is 53.6 Å². The van der Waals surface area contributed by atoms with Crippen molar-refractivity contribution in [2.75, 3.05) is 6.61 Å². The molecule has 1 fully saturated rings. The van der Waals surface area contributed by atoms with Gasteiger partial charge in [-0.25, -0.2) is 13.1 Å². The second-order valence-corrected chi connectivity index (χ2v) is 7.87. The fourth-order valence-electron chi connectivity index (χ4n) is 2.61. The number of allylic oxidation sites excluding steroid dienone is 2. The molecule has 2 aliphatic rings. The number of nitrogens with one attached hydrogen (secondary N) is 1. The van der Waals surface area contributed by atoms with E-state index >= 15 is 0 Å². The lowest BCUT2D eigenvalue weighted by atomic mass is 9.92. The number of hydrogen-bond acceptors (Lipinski definition) is 3. The quantitative estimate of drug-likeness (QED) is 0.849. The molecule has 5 heteroatoms. The molecule has 0 aromatic heterocycles. The summed E-state index contributed by atoms with van der Waals surface area (Å²) < 4.78 is 33.6. The van der Waals surface area contributed by atoms with E-state index in [-0.39, 0.29) is 10.9 Å². The van der Waals surface area contributed by atoms with Crippen LogP contribution in [0.15, 0.2) is 53.0 Å². The van der Waals surface area contributed by atoms with E-state index in [1.807, 2.05) is 19.9 Å². The first-order valence-corrected chi connectivity index (χ1v) is 8.99. The van der Waals surface area contributed by atoms with Crippen molar-refractivity contribution in [1.29, 1.82) is 0 Å². The van der Waals surface area contributed by atoms with Crippen LogP contribution in [0.5, 0.6) is 0 Å².